The third-order valence-electron chi connectivity index (χ3n) is 3.95. The number of aromatic carboxylic acids is 1. The zero-order valence-corrected chi connectivity index (χ0v) is 13.9. The first-order valence-electron chi connectivity index (χ1n) is 7.66. The van der Waals surface area contributed by atoms with Gasteiger partial charge < -0.3 is 14.4 Å². The molecule has 1 N–H and O–H groups in total. The normalized spacial score (nSPS) is 12.0. The first kappa shape index (κ1) is 17.7. The quantitative estimate of drug-likeness (QED) is 0.877. The number of hydrogen-bond acceptors (Lipinski definition) is 3. The third-order valence-corrected chi connectivity index (χ3v) is 3.95. The van der Waals surface area contributed by atoms with Crippen molar-refractivity contribution in [1.82, 2.24) is 4.90 Å². The van der Waals surface area contributed by atoms with Crippen LogP contribution in [0, 0.1) is 12.7 Å². The van der Waals surface area contributed by atoms with E-state index in [4.69, 9.17) is 9.52 Å². The molecule has 0 bridgehead atoms. The van der Waals surface area contributed by atoms with E-state index in [1.807, 2.05) is 6.92 Å². The minimum Gasteiger partial charge on any atom is -0.478 e. The van der Waals surface area contributed by atoms with Crippen molar-refractivity contribution >= 4 is 11.9 Å². The van der Waals surface area contributed by atoms with Crippen molar-refractivity contribution in [3.8, 4) is 0 Å². The summed E-state index contributed by atoms with van der Waals surface area (Å²) in [5, 5.41) is 9.05. The SMILES string of the molecule is CCC(C(=O)N(C)Cc1cc(C(=O)O)c(C)o1)c1ccc(F)cc1. The van der Waals surface area contributed by atoms with Gasteiger partial charge in [-0.05, 0) is 37.1 Å². The number of rotatable bonds is 6. The van der Waals surface area contributed by atoms with Crippen LogP contribution in [0.2, 0.25) is 0 Å². The van der Waals surface area contributed by atoms with Crippen LogP contribution in [0.15, 0.2) is 34.7 Å². The summed E-state index contributed by atoms with van der Waals surface area (Å²) in [6.45, 7) is 3.63. The molecule has 0 saturated carbocycles. The Morgan fingerprint density at radius 2 is 1.92 bits per heavy atom. The van der Waals surface area contributed by atoms with Crippen molar-refractivity contribution in [3.05, 3.63) is 58.8 Å². The van der Waals surface area contributed by atoms with Crippen LogP contribution < -0.4 is 0 Å². The van der Waals surface area contributed by atoms with E-state index < -0.39 is 5.97 Å². The maximum Gasteiger partial charge on any atom is 0.339 e. The number of aryl methyl sites for hydroxylation is 1. The highest BCUT2D eigenvalue weighted by Gasteiger charge is 2.24. The standard InChI is InChI=1S/C18H20FNO4/c1-4-15(12-5-7-13(19)8-6-12)17(21)20(3)10-14-9-16(18(22)23)11(2)24-14/h5-9,15H,4,10H2,1-3H3,(H,22,23). The number of furan rings is 1. The highest BCUT2D eigenvalue weighted by Crippen LogP contribution is 2.24. The average molecular weight is 333 g/mol. The maximum atomic E-state index is 13.1. The van der Waals surface area contributed by atoms with Gasteiger partial charge in [-0.2, -0.15) is 0 Å². The number of likely N-dealkylation sites (N-methyl/N-ethyl adjacent to an activating group) is 1. The summed E-state index contributed by atoms with van der Waals surface area (Å²) < 4.78 is 18.5. The predicted octanol–water partition coefficient (Wildman–Crippen LogP) is 3.58. The van der Waals surface area contributed by atoms with E-state index in [-0.39, 0.29) is 29.8 Å². The maximum absolute atomic E-state index is 13.1. The molecule has 0 saturated heterocycles. The fraction of sp³-hybridized carbons (Fsp3) is 0.333. The minimum absolute atomic E-state index is 0.0939. The highest BCUT2D eigenvalue weighted by molar-refractivity contribution is 5.89. The summed E-state index contributed by atoms with van der Waals surface area (Å²) >= 11 is 0. The van der Waals surface area contributed by atoms with Crippen LogP contribution in [0.25, 0.3) is 0 Å². The van der Waals surface area contributed by atoms with E-state index in [0.29, 0.717) is 17.9 Å². The Morgan fingerprint density at radius 3 is 2.42 bits per heavy atom. The summed E-state index contributed by atoms with van der Waals surface area (Å²) in [5.41, 5.74) is 0.842. The number of benzene rings is 1. The molecule has 2 rings (SSSR count). The molecule has 1 heterocycles. The second-order valence-electron chi connectivity index (χ2n) is 5.69. The number of carbonyl (C=O) groups excluding carboxylic acids is 1. The lowest BCUT2D eigenvalue weighted by molar-refractivity contribution is -0.132. The van der Waals surface area contributed by atoms with Gasteiger partial charge in [0.05, 0.1) is 12.5 Å². The lowest BCUT2D eigenvalue weighted by Crippen LogP contribution is -2.31. The van der Waals surface area contributed by atoms with E-state index in [0.717, 1.165) is 5.56 Å². The fourth-order valence-electron chi connectivity index (χ4n) is 2.66. The molecule has 24 heavy (non-hydrogen) atoms. The van der Waals surface area contributed by atoms with Crippen LogP contribution in [0.1, 0.15) is 46.7 Å². The molecular formula is C18H20FNO4. The smallest absolute Gasteiger partial charge is 0.339 e. The Morgan fingerprint density at radius 1 is 1.29 bits per heavy atom. The van der Waals surface area contributed by atoms with Crippen molar-refractivity contribution in [2.24, 2.45) is 0 Å². The molecule has 0 fully saturated rings. The van der Waals surface area contributed by atoms with Crippen LogP contribution in [0.5, 0.6) is 0 Å². The molecular weight excluding hydrogens is 313 g/mol. The van der Waals surface area contributed by atoms with Gasteiger partial charge in [-0.25, -0.2) is 9.18 Å². The highest BCUT2D eigenvalue weighted by atomic mass is 19.1. The van der Waals surface area contributed by atoms with Crippen molar-refractivity contribution < 1.29 is 23.5 Å². The monoisotopic (exact) mass is 333 g/mol. The van der Waals surface area contributed by atoms with Gasteiger partial charge in [0.15, 0.2) is 0 Å². The summed E-state index contributed by atoms with van der Waals surface area (Å²) in [7, 11) is 1.63. The lowest BCUT2D eigenvalue weighted by atomic mass is 9.95. The predicted molar refractivity (Wildman–Crippen MR) is 86.3 cm³/mol. The molecule has 2 aromatic rings. The number of carbonyl (C=O) groups is 2. The molecule has 0 aliphatic carbocycles. The molecule has 0 aliphatic heterocycles. The first-order chi connectivity index (χ1) is 11.3. The summed E-state index contributed by atoms with van der Waals surface area (Å²) in [5.74, 6) is -1.20. The molecule has 6 heteroatoms. The van der Waals surface area contributed by atoms with Crippen molar-refractivity contribution in [3.63, 3.8) is 0 Å². The van der Waals surface area contributed by atoms with Crippen LogP contribution in [-0.4, -0.2) is 28.9 Å². The molecule has 1 atom stereocenters. The van der Waals surface area contributed by atoms with Crippen LogP contribution in [0.4, 0.5) is 4.39 Å². The van der Waals surface area contributed by atoms with E-state index in [1.165, 1.54) is 23.1 Å². The van der Waals surface area contributed by atoms with Crippen LogP contribution >= 0.6 is 0 Å². The third kappa shape index (κ3) is 3.82. The fourth-order valence-corrected chi connectivity index (χ4v) is 2.66. The second-order valence-corrected chi connectivity index (χ2v) is 5.69. The molecule has 5 nitrogen and oxygen atoms in total. The van der Waals surface area contributed by atoms with Gasteiger partial charge in [0.25, 0.3) is 0 Å². The van der Waals surface area contributed by atoms with Gasteiger partial charge in [-0.1, -0.05) is 19.1 Å². The summed E-state index contributed by atoms with van der Waals surface area (Å²) in [4.78, 5) is 25.2. The number of halogens is 1. The van der Waals surface area contributed by atoms with Crippen LogP contribution in [0.3, 0.4) is 0 Å². The zero-order chi connectivity index (χ0) is 17.9. The van der Waals surface area contributed by atoms with E-state index in [1.54, 1.807) is 26.1 Å². The Balaban J connectivity index is 2.14. The van der Waals surface area contributed by atoms with Gasteiger partial charge in [-0.3, -0.25) is 4.79 Å². The number of carboxylic acids is 1. The Labute approximate surface area is 139 Å². The zero-order valence-electron chi connectivity index (χ0n) is 13.9. The summed E-state index contributed by atoms with van der Waals surface area (Å²) in [6.07, 6.45) is 0.576. The molecule has 0 radical (unpaired) electrons. The number of amides is 1. The van der Waals surface area contributed by atoms with Gasteiger partial charge >= 0.3 is 5.97 Å². The van der Waals surface area contributed by atoms with Gasteiger partial charge in [0, 0.05) is 7.05 Å². The van der Waals surface area contributed by atoms with Crippen LogP contribution in [-0.2, 0) is 11.3 Å². The van der Waals surface area contributed by atoms with Crippen molar-refractivity contribution in [1.29, 1.82) is 0 Å². The number of carboxylic acid groups (broad SMARTS) is 1. The Kier molecular flexibility index (Phi) is 5.39. The molecule has 0 spiro atoms. The Bertz CT molecular complexity index is 736. The first-order valence-corrected chi connectivity index (χ1v) is 7.66. The van der Waals surface area contributed by atoms with E-state index in [9.17, 15) is 14.0 Å². The molecule has 0 aliphatic rings. The van der Waals surface area contributed by atoms with Gasteiger partial charge in [-0.15, -0.1) is 0 Å². The number of hydrogen-bond donors (Lipinski definition) is 1. The minimum atomic E-state index is -1.06. The Hall–Kier alpha value is -2.63. The van der Waals surface area contributed by atoms with Gasteiger partial charge in [0.1, 0.15) is 22.9 Å². The number of nitrogens with zero attached hydrogens (tertiary/aromatic N) is 1. The average Bonchev–Trinajstić information content (AvgIpc) is 2.90. The van der Waals surface area contributed by atoms with E-state index in [2.05, 4.69) is 0 Å². The van der Waals surface area contributed by atoms with Gasteiger partial charge in [0.2, 0.25) is 5.91 Å². The van der Waals surface area contributed by atoms with Crippen molar-refractivity contribution in [2.45, 2.75) is 32.7 Å². The van der Waals surface area contributed by atoms with Crippen molar-refractivity contribution in [2.75, 3.05) is 7.05 Å². The summed E-state index contributed by atoms with van der Waals surface area (Å²) in [6, 6.07) is 7.31. The van der Waals surface area contributed by atoms with E-state index >= 15 is 0 Å². The molecule has 1 aromatic carbocycles. The molecule has 1 unspecified atom stereocenters. The molecule has 128 valence electrons. The topological polar surface area (TPSA) is 70.8 Å². The molecule has 1 aromatic heterocycles. The lowest BCUT2D eigenvalue weighted by Gasteiger charge is -2.22. The second kappa shape index (κ2) is 7.29. The largest absolute Gasteiger partial charge is 0.478 e. The molecule has 1 amide bonds.